The van der Waals surface area contributed by atoms with Crippen molar-refractivity contribution in [3.05, 3.63) is 0 Å². The van der Waals surface area contributed by atoms with Crippen LogP contribution in [0.1, 0.15) is 6.92 Å². The molecule has 0 fully saturated rings. The van der Waals surface area contributed by atoms with Crippen molar-refractivity contribution in [2.75, 3.05) is 20.3 Å². The van der Waals surface area contributed by atoms with Gasteiger partial charge in [0.2, 0.25) is 0 Å². The number of methoxy groups -OCH3 is 1. The first-order valence-corrected chi connectivity index (χ1v) is 3.77. The van der Waals surface area contributed by atoms with Crippen LogP contribution in [-0.2, 0) is 9.53 Å². The molecule has 0 rings (SSSR count). The average molecular weight is 210 g/mol. The zero-order chi connectivity index (χ0) is 11.8. The van der Waals surface area contributed by atoms with E-state index in [1.165, 1.54) is 7.11 Å². The van der Waals surface area contributed by atoms with E-state index in [0.717, 1.165) is 6.92 Å². The molecule has 0 aromatic heterocycles. The zero-order valence-corrected chi connectivity index (χ0v) is 8.14. The molecule has 86 valence electrons. The van der Waals surface area contributed by atoms with Crippen molar-refractivity contribution in [3.63, 3.8) is 0 Å². The number of aliphatic carboxylic acids is 1. The highest BCUT2D eigenvalue weighted by Gasteiger charge is 2.20. The summed E-state index contributed by atoms with van der Waals surface area (Å²) in [7, 11) is 1.33. The van der Waals surface area contributed by atoms with Crippen LogP contribution in [0.3, 0.4) is 0 Å². The Balaban J connectivity index is 0. The van der Waals surface area contributed by atoms with Crippen molar-refractivity contribution in [3.8, 4) is 0 Å². The predicted molar refractivity (Wildman–Crippen MR) is 44.8 cm³/mol. The lowest BCUT2D eigenvalue weighted by atomic mass is 10.3. The Hall–Kier alpha value is -0.730. The Bertz CT molecular complexity index is 148. The monoisotopic (exact) mass is 210 g/mol. The summed E-state index contributed by atoms with van der Waals surface area (Å²) in [6.45, 7) is 0.384. The van der Waals surface area contributed by atoms with Crippen LogP contribution in [0.5, 0.6) is 0 Å². The van der Waals surface area contributed by atoms with Gasteiger partial charge in [-0.3, -0.25) is 5.73 Å². The molecule has 0 aliphatic rings. The summed E-state index contributed by atoms with van der Waals surface area (Å²) in [5.41, 5.74) is 3.91. The van der Waals surface area contributed by atoms with Gasteiger partial charge in [-0.05, 0) is 6.92 Å². The van der Waals surface area contributed by atoms with Crippen LogP contribution >= 0.6 is 0 Å². The molecule has 0 aliphatic heterocycles. The van der Waals surface area contributed by atoms with E-state index in [1.54, 1.807) is 0 Å². The lowest BCUT2D eigenvalue weighted by Crippen LogP contribution is -2.48. The number of aliphatic hydroxyl groups is 3. The molecular formula is C7H16NO6-. The van der Waals surface area contributed by atoms with Gasteiger partial charge in [0, 0.05) is 7.11 Å². The topological polar surface area (TPSA) is 136 Å². The molecule has 7 heteroatoms. The SMILES string of the molecule is CC(O)C(=O)[O-].COC(N)(CO)CO. The van der Waals surface area contributed by atoms with E-state index in [9.17, 15) is 9.90 Å². The molecule has 0 aliphatic carbocycles. The van der Waals surface area contributed by atoms with Crippen LogP contribution in [0.2, 0.25) is 0 Å². The van der Waals surface area contributed by atoms with Crippen molar-refractivity contribution in [2.24, 2.45) is 5.73 Å². The standard InChI is InChI=1S/C4H11NO3.C3H6O3/c1-8-4(5,2-6)3-7;1-2(4)3(5)6/h6-7H,2-3,5H2,1H3;2,4H,1H3,(H,5,6)/p-1. The normalized spacial score (nSPS) is 12.7. The molecule has 7 nitrogen and oxygen atoms in total. The summed E-state index contributed by atoms with van der Waals surface area (Å²) >= 11 is 0. The van der Waals surface area contributed by atoms with E-state index in [2.05, 4.69) is 4.74 Å². The number of carboxylic acid groups (broad SMARTS) is 1. The predicted octanol–water partition coefficient (Wildman–Crippen LogP) is -3.61. The van der Waals surface area contributed by atoms with Gasteiger partial charge in [-0.1, -0.05) is 0 Å². The van der Waals surface area contributed by atoms with E-state index in [0.29, 0.717) is 0 Å². The Morgan fingerprint density at radius 3 is 1.86 bits per heavy atom. The second-order valence-corrected chi connectivity index (χ2v) is 2.58. The number of carboxylic acids is 1. The van der Waals surface area contributed by atoms with Gasteiger partial charge in [-0.15, -0.1) is 0 Å². The van der Waals surface area contributed by atoms with Gasteiger partial charge >= 0.3 is 0 Å². The minimum absolute atomic E-state index is 0.375. The van der Waals surface area contributed by atoms with E-state index in [-0.39, 0.29) is 13.2 Å². The Morgan fingerprint density at radius 1 is 1.57 bits per heavy atom. The third-order valence-corrected chi connectivity index (χ3v) is 1.28. The summed E-state index contributed by atoms with van der Waals surface area (Å²) in [5, 5.41) is 34.1. The first-order chi connectivity index (χ1) is 6.32. The van der Waals surface area contributed by atoms with Gasteiger partial charge in [-0.2, -0.15) is 0 Å². The first-order valence-electron chi connectivity index (χ1n) is 3.77. The van der Waals surface area contributed by atoms with E-state index in [4.69, 9.17) is 21.1 Å². The molecule has 1 unspecified atom stereocenters. The highest BCUT2D eigenvalue weighted by molar-refractivity contribution is 5.68. The molecule has 0 aromatic rings. The second kappa shape index (κ2) is 7.65. The molecule has 0 saturated heterocycles. The molecule has 0 heterocycles. The number of ether oxygens (including phenoxy) is 1. The van der Waals surface area contributed by atoms with Crippen molar-refractivity contribution >= 4 is 5.97 Å². The fraction of sp³-hybridized carbons (Fsp3) is 0.857. The molecule has 0 spiro atoms. The Labute approximate surface area is 81.7 Å². The van der Waals surface area contributed by atoms with Gasteiger partial charge in [0.25, 0.3) is 0 Å². The maximum Gasteiger partial charge on any atom is 0.162 e. The third-order valence-electron chi connectivity index (χ3n) is 1.28. The summed E-state index contributed by atoms with van der Waals surface area (Å²) in [4.78, 5) is 9.34. The highest BCUT2D eigenvalue weighted by atomic mass is 16.5. The van der Waals surface area contributed by atoms with Gasteiger partial charge < -0.3 is 30.0 Å². The van der Waals surface area contributed by atoms with E-state index < -0.39 is 17.8 Å². The zero-order valence-electron chi connectivity index (χ0n) is 8.14. The quantitative estimate of drug-likeness (QED) is 0.352. The number of rotatable bonds is 4. The van der Waals surface area contributed by atoms with Crippen LogP contribution in [0.15, 0.2) is 0 Å². The fourth-order valence-electron chi connectivity index (χ4n) is 0.179. The van der Waals surface area contributed by atoms with Crippen molar-refractivity contribution in [2.45, 2.75) is 18.8 Å². The number of carbonyl (C=O) groups is 1. The summed E-state index contributed by atoms with van der Waals surface area (Å²) in [6, 6.07) is 0. The second-order valence-electron chi connectivity index (χ2n) is 2.58. The Kier molecular flexibility index (Phi) is 8.60. The number of aliphatic hydroxyl groups excluding tert-OH is 3. The molecule has 0 aromatic carbocycles. The lowest BCUT2D eigenvalue weighted by molar-refractivity contribution is -0.314. The maximum atomic E-state index is 9.34. The van der Waals surface area contributed by atoms with Gasteiger partial charge in [0.1, 0.15) is 0 Å². The first kappa shape index (κ1) is 15.7. The molecule has 0 radical (unpaired) electrons. The van der Waals surface area contributed by atoms with Gasteiger partial charge in [0.15, 0.2) is 5.72 Å². The molecule has 0 bridgehead atoms. The van der Waals surface area contributed by atoms with Crippen molar-refractivity contribution < 1.29 is 30.0 Å². The van der Waals surface area contributed by atoms with Gasteiger partial charge in [0.05, 0.1) is 25.3 Å². The molecule has 1 atom stereocenters. The molecule has 5 N–H and O–H groups in total. The fourth-order valence-corrected chi connectivity index (χ4v) is 0.179. The van der Waals surface area contributed by atoms with Crippen LogP contribution < -0.4 is 10.8 Å². The molecule has 14 heavy (non-hydrogen) atoms. The van der Waals surface area contributed by atoms with Crippen molar-refractivity contribution in [1.82, 2.24) is 0 Å². The minimum atomic E-state index is -1.44. The van der Waals surface area contributed by atoms with Crippen LogP contribution in [-0.4, -0.2) is 53.4 Å². The van der Waals surface area contributed by atoms with E-state index in [1.807, 2.05) is 0 Å². The number of hydrogen-bond acceptors (Lipinski definition) is 7. The molecular weight excluding hydrogens is 194 g/mol. The lowest BCUT2D eigenvalue weighted by Gasteiger charge is -2.21. The van der Waals surface area contributed by atoms with Crippen LogP contribution in [0.25, 0.3) is 0 Å². The molecule has 0 saturated carbocycles. The minimum Gasteiger partial charge on any atom is -0.547 e. The average Bonchev–Trinajstić information content (AvgIpc) is 2.17. The van der Waals surface area contributed by atoms with Gasteiger partial charge in [-0.25, -0.2) is 0 Å². The summed E-state index contributed by atoms with van der Waals surface area (Å²) < 4.78 is 4.51. The number of carbonyl (C=O) groups excluding carboxylic acids is 1. The maximum absolute atomic E-state index is 9.34. The number of hydrogen-bond donors (Lipinski definition) is 4. The number of nitrogens with two attached hydrogens (primary N) is 1. The highest BCUT2D eigenvalue weighted by Crippen LogP contribution is 1.95. The van der Waals surface area contributed by atoms with E-state index >= 15 is 0 Å². The molecule has 0 amide bonds. The van der Waals surface area contributed by atoms with Crippen LogP contribution in [0.4, 0.5) is 0 Å². The van der Waals surface area contributed by atoms with Crippen LogP contribution in [0, 0.1) is 0 Å². The summed E-state index contributed by atoms with van der Waals surface area (Å²) in [5.74, 6) is -1.44. The Morgan fingerprint density at radius 2 is 1.86 bits per heavy atom. The smallest absolute Gasteiger partial charge is 0.162 e. The summed E-state index contributed by atoms with van der Waals surface area (Å²) in [6.07, 6.45) is -1.34. The third kappa shape index (κ3) is 7.90. The largest absolute Gasteiger partial charge is 0.547 e. The van der Waals surface area contributed by atoms with Crippen molar-refractivity contribution in [1.29, 1.82) is 0 Å².